The second kappa shape index (κ2) is 10.0. The first kappa shape index (κ1) is 22.0. The molecule has 7 nitrogen and oxygen atoms in total. The fraction of sp³-hybridized carbons (Fsp3) is 0.192. The molecular formula is C26H24N6OS. The standard InChI is InChI=1S/C26H24N6OS/c1-18(2)20-10-12-21(13-11-20)24-28-23(33-31-24)17-34-26-30-29-25(22-9-6-14-27-15-22)32(26)16-19-7-4-3-5-8-19/h3-15,18H,16-17H2,1-2H3. The minimum Gasteiger partial charge on any atom is -0.338 e. The number of hydrogen-bond donors (Lipinski definition) is 0. The maximum atomic E-state index is 5.52. The number of rotatable bonds is 8. The molecule has 0 radical (unpaired) electrons. The van der Waals surface area contributed by atoms with Crippen LogP contribution in [0, 0.1) is 0 Å². The van der Waals surface area contributed by atoms with Gasteiger partial charge in [-0.05, 0) is 29.2 Å². The molecular weight excluding hydrogens is 444 g/mol. The van der Waals surface area contributed by atoms with Gasteiger partial charge >= 0.3 is 0 Å². The third-order valence-corrected chi connectivity index (χ3v) is 6.40. The van der Waals surface area contributed by atoms with Crippen molar-refractivity contribution in [2.24, 2.45) is 0 Å². The Morgan fingerprint density at radius 3 is 2.47 bits per heavy atom. The van der Waals surface area contributed by atoms with Gasteiger partial charge in [0.05, 0.1) is 12.3 Å². The number of aromatic nitrogens is 6. The summed E-state index contributed by atoms with van der Waals surface area (Å²) in [5.74, 6) is 2.89. The molecule has 0 aliphatic heterocycles. The molecule has 0 saturated heterocycles. The van der Waals surface area contributed by atoms with Crippen molar-refractivity contribution in [3.05, 3.63) is 96.1 Å². The highest BCUT2D eigenvalue weighted by Crippen LogP contribution is 2.28. The number of benzene rings is 2. The lowest BCUT2D eigenvalue weighted by Crippen LogP contribution is -2.04. The summed E-state index contributed by atoms with van der Waals surface area (Å²) in [5.41, 5.74) is 4.31. The molecule has 0 saturated carbocycles. The highest BCUT2D eigenvalue weighted by Gasteiger charge is 2.17. The lowest BCUT2D eigenvalue weighted by molar-refractivity contribution is 0.391. The van der Waals surface area contributed by atoms with Crippen molar-refractivity contribution in [1.82, 2.24) is 29.9 Å². The van der Waals surface area contributed by atoms with Gasteiger partial charge in [0, 0.05) is 23.5 Å². The predicted octanol–water partition coefficient (Wildman–Crippen LogP) is 5.85. The first-order chi connectivity index (χ1) is 16.7. The van der Waals surface area contributed by atoms with Gasteiger partial charge in [-0.2, -0.15) is 4.98 Å². The van der Waals surface area contributed by atoms with Crippen LogP contribution in [0.2, 0.25) is 0 Å². The van der Waals surface area contributed by atoms with Gasteiger partial charge in [-0.1, -0.05) is 85.4 Å². The van der Waals surface area contributed by atoms with Crippen molar-refractivity contribution in [1.29, 1.82) is 0 Å². The van der Waals surface area contributed by atoms with Gasteiger partial charge in [0.1, 0.15) is 0 Å². The monoisotopic (exact) mass is 468 g/mol. The summed E-state index contributed by atoms with van der Waals surface area (Å²) in [5, 5.41) is 13.9. The molecule has 0 aliphatic rings. The first-order valence-corrected chi connectivity index (χ1v) is 12.1. The van der Waals surface area contributed by atoms with Gasteiger partial charge in [-0.25, -0.2) is 0 Å². The van der Waals surface area contributed by atoms with Crippen LogP contribution in [-0.4, -0.2) is 29.9 Å². The van der Waals surface area contributed by atoms with E-state index in [0.29, 0.717) is 29.9 Å². The van der Waals surface area contributed by atoms with E-state index in [9.17, 15) is 0 Å². The molecule has 0 N–H and O–H groups in total. The smallest absolute Gasteiger partial charge is 0.237 e. The summed E-state index contributed by atoms with van der Waals surface area (Å²) in [6, 6.07) is 22.4. The second-order valence-electron chi connectivity index (χ2n) is 8.20. The molecule has 0 unspecified atom stereocenters. The third kappa shape index (κ3) is 4.92. The molecule has 2 aromatic carbocycles. The normalized spacial score (nSPS) is 11.3. The molecule has 0 aliphatic carbocycles. The lowest BCUT2D eigenvalue weighted by Gasteiger charge is -2.10. The highest BCUT2D eigenvalue weighted by atomic mass is 32.2. The van der Waals surface area contributed by atoms with Crippen LogP contribution >= 0.6 is 11.8 Å². The minimum atomic E-state index is 0.482. The van der Waals surface area contributed by atoms with Crippen LogP contribution in [0.15, 0.2) is 88.8 Å². The van der Waals surface area contributed by atoms with Crippen molar-refractivity contribution in [2.45, 2.75) is 37.2 Å². The topological polar surface area (TPSA) is 82.5 Å². The zero-order chi connectivity index (χ0) is 23.3. The number of hydrogen-bond acceptors (Lipinski definition) is 7. The van der Waals surface area contributed by atoms with E-state index in [2.05, 4.69) is 68.0 Å². The zero-order valence-corrected chi connectivity index (χ0v) is 19.8. The Kier molecular flexibility index (Phi) is 6.49. The summed E-state index contributed by atoms with van der Waals surface area (Å²) in [6.45, 7) is 5.00. The van der Waals surface area contributed by atoms with E-state index in [0.717, 1.165) is 22.1 Å². The average Bonchev–Trinajstić information content (AvgIpc) is 3.51. The van der Waals surface area contributed by atoms with Crippen molar-refractivity contribution in [3.63, 3.8) is 0 Å². The van der Waals surface area contributed by atoms with Crippen LogP contribution in [-0.2, 0) is 12.3 Å². The molecule has 0 bridgehead atoms. The largest absolute Gasteiger partial charge is 0.338 e. The average molecular weight is 469 g/mol. The molecule has 8 heteroatoms. The molecule has 5 rings (SSSR count). The van der Waals surface area contributed by atoms with Crippen LogP contribution in [0.4, 0.5) is 0 Å². The van der Waals surface area contributed by atoms with E-state index in [4.69, 9.17) is 4.52 Å². The van der Waals surface area contributed by atoms with Gasteiger partial charge in [-0.15, -0.1) is 10.2 Å². The van der Waals surface area contributed by atoms with Gasteiger partial charge in [-0.3, -0.25) is 9.55 Å². The Hall–Kier alpha value is -3.78. The van der Waals surface area contributed by atoms with E-state index in [-0.39, 0.29) is 0 Å². The van der Waals surface area contributed by atoms with Crippen molar-refractivity contribution in [3.8, 4) is 22.8 Å². The zero-order valence-electron chi connectivity index (χ0n) is 19.0. The van der Waals surface area contributed by atoms with Crippen molar-refractivity contribution in [2.75, 3.05) is 0 Å². The van der Waals surface area contributed by atoms with Crippen LogP contribution in [0.25, 0.3) is 22.8 Å². The summed E-state index contributed by atoms with van der Waals surface area (Å²) in [4.78, 5) is 8.82. The second-order valence-corrected chi connectivity index (χ2v) is 9.14. The van der Waals surface area contributed by atoms with Gasteiger partial charge in [0.25, 0.3) is 0 Å². The van der Waals surface area contributed by atoms with Crippen LogP contribution in [0.1, 0.15) is 36.8 Å². The fourth-order valence-electron chi connectivity index (χ4n) is 3.59. The summed E-state index contributed by atoms with van der Waals surface area (Å²) in [6.07, 6.45) is 3.55. The van der Waals surface area contributed by atoms with E-state index in [1.54, 1.807) is 12.4 Å². The van der Waals surface area contributed by atoms with Gasteiger partial charge in [0.15, 0.2) is 11.0 Å². The fourth-order valence-corrected chi connectivity index (χ4v) is 4.36. The van der Waals surface area contributed by atoms with Crippen LogP contribution in [0.3, 0.4) is 0 Å². The molecule has 34 heavy (non-hydrogen) atoms. The molecule has 0 amide bonds. The molecule has 170 valence electrons. The molecule has 3 heterocycles. The third-order valence-electron chi connectivity index (χ3n) is 5.45. The quantitative estimate of drug-likeness (QED) is 0.264. The minimum absolute atomic E-state index is 0.482. The Labute approximate surface area is 202 Å². The molecule has 0 atom stereocenters. The highest BCUT2D eigenvalue weighted by molar-refractivity contribution is 7.98. The van der Waals surface area contributed by atoms with E-state index in [1.807, 2.05) is 42.5 Å². The predicted molar refractivity (Wildman–Crippen MR) is 132 cm³/mol. The summed E-state index contributed by atoms with van der Waals surface area (Å²) < 4.78 is 7.61. The SMILES string of the molecule is CC(C)c1ccc(-c2noc(CSc3nnc(-c4cccnc4)n3Cc3ccccc3)n2)cc1. The lowest BCUT2D eigenvalue weighted by atomic mass is 10.0. The van der Waals surface area contributed by atoms with Crippen LogP contribution < -0.4 is 0 Å². The Balaban J connectivity index is 1.36. The van der Waals surface area contributed by atoms with Crippen LogP contribution in [0.5, 0.6) is 0 Å². The number of pyridine rings is 1. The maximum Gasteiger partial charge on any atom is 0.237 e. The Bertz CT molecular complexity index is 1350. The van der Waals surface area contributed by atoms with E-state index >= 15 is 0 Å². The molecule has 3 aromatic heterocycles. The van der Waals surface area contributed by atoms with Gasteiger partial charge in [0.2, 0.25) is 11.7 Å². The van der Waals surface area contributed by atoms with E-state index in [1.165, 1.54) is 22.9 Å². The Morgan fingerprint density at radius 1 is 0.912 bits per heavy atom. The molecule has 0 spiro atoms. The van der Waals surface area contributed by atoms with E-state index < -0.39 is 0 Å². The molecule has 0 fully saturated rings. The number of nitrogens with zero attached hydrogens (tertiary/aromatic N) is 6. The van der Waals surface area contributed by atoms with Gasteiger partial charge < -0.3 is 4.52 Å². The molecule has 5 aromatic rings. The number of thioether (sulfide) groups is 1. The summed E-state index contributed by atoms with van der Waals surface area (Å²) >= 11 is 1.52. The van der Waals surface area contributed by atoms with Crippen molar-refractivity contribution < 1.29 is 4.52 Å². The summed E-state index contributed by atoms with van der Waals surface area (Å²) in [7, 11) is 0. The Morgan fingerprint density at radius 2 is 1.74 bits per heavy atom. The first-order valence-electron chi connectivity index (χ1n) is 11.1. The maximum absolute atomic E-state index is 5.52. The van der Waals surface area contributed by atoms with Crippen molar-refractivity contribution >= 4 is 11.8 Å².